The van der Waals surface area contributed by atoms with Crippen molar-refractivity contribution < 1.29 is 0 Å². The highest BCUT2D eigenvalue weighted by atomic mass is 15.2. The number of pyridine rings is 1. The first-order valence-electron chi connectivity index (χ1n) is 8.09. The van der Waals surface area contributed by atoms with Crippen LogP contribution in [0.4, 0.5) is 0 Å². The maximum absolute atomic E-state index is 4.19. The lowest BCUT2D eigenvalue weighted by Crippen LogP contribution is -2.28. The van der Waals surface area contributed by atoms with Gasteiger partial charge in [0, 0.05) is 58.0 Å². The van der Waals surface area contributed by atoms with Crippen LogP contribution in [-0.4, -0.2) is 46.0 Å². The number of aromatic nitrogens is 2. The molecule has 0 N–H and O–H groups in total. The van der Waals surface area contributed by atoms with Crippen LogP contribution in [0.5, 0.6) is 0 Å². The normalized spacial score (nSPS) is 19.1. The quantitative estimate of drug-likeness (QED) is 0.818. The van der Waals surface area contributed by atoms with Gasteiger partial charge in [-0.1, -0.05) is 6.07 Å². The Morgan fingerprint density at radius 3 is 2.95 bits per heavy atom. The van der Waals surface area contributed by atoms with Crippen molar-refractivity contribution in [3.8, 4) is 0 Å². The van der Waals surface area contributed by atoms with Gasteiger partial charge in [0.15, 0.2) is 0 Å². The molecule has 0 amide bonds. The number of aryl methyl sites for hydroxylation is 1. The minimum absolute atomic E-state index is 0.783. The van der Waals surface area contributed by atoms with Crippen LogP contribution in [0.15, 0.2) is 43.0 Å². The van der Waals surface area contributed by atoms with E-state index in [-0.39, 0.29) is 0 Å². The van der Waals surface area contributed by atoms with Gasteiger partial charge in [-0.25, -0.2) is 0 Å². The zero-order chi connectivity index (χ0) is 15.4. The van der Waals surface area contributed by atoms with Crippen molar-refractivity contribution in [2.45, 2.75) is 19.5 Å². The smallest absolute Gasteiger partial charge is 0.0312 e. The number of hydrogen-bond acceptors (Lipinski definition) is 3. The van der Waals surface area contributed by atoms with Gasteiger partial charge in [-0.05, 0) is 49.2 Å². The van der Waals surface area contributed by atoms with Crippen molar-refractivity contribution in [2.75, 3.05) is 26.7 Å². The summed E-state index contributed by atoms with van der Waals surface area (Å²) in [6.45, 7) is 5.68. The van der Waals surface area contributed by atoms with Crippen LogP contribution < -0.4 is 0 Å². The van der Waals surface area contributed by atoms with Crippen LogP contribution in [0, 0.1) is 5.92 Å². The van der Waals surface area contributed by atoms with E-state index in [0.717, 1.165) is 19.0 Å². The Hall–Kier alpha value is -1.65. The molecule has 3 rings (SSSR count). The van der Waals surface area contributed by atoms with E-state index in [2.05, 4.69) is 58.0 Å². The van der Waals surface area contributed by atoms with E-state index in [9.17, 15) is 0 Å². The van der Waals surface area contributed by atoms with E-state index in [1.54, 1.807) is 0 Å². The second kappa shape index (κ2) is 7.07. The minimum Gasteiger partial charge on any atom is -0.357 e. The van der Waals surface area contributed by atoms with Gasteiger partial charge in [0.2, 0.25) is 0 Å². The Morgan fingerprint density at radius 2 is 2.23 bits per heavy atom. The second-order valence-electron chi connectivity index (χ2n) is 6.63. The molecule has 0 aromatic carbocycles. The van der Waals surface area contributed by atoms with Crippen molar-refractivity contribution in [2.24, 2.45) is 13.0 Å². The summed E-state index contributed by atoms with van der Waals surface area (Å²) in [5.74, 6) is 0.783. The molecular weight excluding hydrogens is 272 g/mol. The molecule has 0 radical (unpaired) electrons. The summed E-state index contributed by atoms with van der Waals surface area (Å²) in [6.07, 6.45) is 9.46. The maximum atomic E-state index is 4.19. The van der Waals surface area contributed by atoms with Crippen LogP contribution in [0.2, 0.25) is 0 Å². The molecule has 1 aliphatic rings. The van der Waals surface area contributed by atoms with Gasteiger partial charge in [0.25, 0.3) is 0 Å². The monoisotopic (exact) mass is 298 g/mol. The molecule has 1 atom stereocenters. The highest BCUT2D eigenvalue weighted by Gasteiger charge is 2.23. The first-order valence-corrected chi connectivity index (χ1v) is 8.09. The topological polar surface area (TPSA) is 24.3 Å². The lowest BCUT2D eigenvalue weighted by atomic mass is 10.1. The van der Waals surface area contributed by atoms with E-state index < -0.39 is 0 Å². The van der Waals surface area contributed by atoms with Gasteiger partial charge in [-0.3, -0.25) is 9.88 Å². The van der Waals surface area contributed by atoms with Gasteiger partial charge in [-0.2, -0.15) is 0 Å². The fraction of sp³-hybridized carbons (Fsp3) is 0.500. The van der Waals surface area contributed by atoms with Crippen LogP contribution >= 0.6 is 0 Å². The molecule has 0 spiro atoms. The van der Waals surface area contributed by atoms with E-state index in [1.165, 1.54) is 37.2 Å². The zero-order valence-corrected chi connectivity index (χ0v) is 13.7. The molecule has 22 heavy (non-hydrogen) atoms. The van der Waals surface area contributed by atoms with Crippen LogP contribution in [-0.2, 0) is 20.1 Å². The standard InChI is InChI=1S/C18H26N4/c1-20-8-5-17(12-20)14-22-9-6-18(15-22)13-21(2)11-16-4-3-7-19-10-16/h3-5,7-8,10,12,18H,6,9,11,13-15H2,1-2H3. The average molecular weight is 298 g/mol. The number of likely N-dealkylation sites (tertiary alicyclic amines) is 1. The Bertz CT molecular complexity index is 578. The van der Waals surface area contributed by atoms with Crippen molar-refractivity contribution in [1.29, 1.82) is 0 Å². The molecule has 0 saturated carbocycles. The summed E-state index contributed by atoms with van der Waals surface area (Å²) in [5.41, 5.74) is 2.72. The SMILES string of the molecule is CN(Cc1cccnc1)CC1CCN(Cc2ccn(C)c2)C1. The third-order valence-corrected chi connectivity index (χ3v) is 4.41. The third kappa shape index (κ3) is 4.18. The molecule has 4 heteroatoms. The van der Waals surface area contributed by atoms with E-state index in [0.29, 0.717) is 0 Å². The van der Waals surface area contributed by atoms with Crippen molar-refractivity contribution >= 4 is 0 Å². The Labute approximate surface area is 133 Å². The van der Waals surface area contributed by atoms with Crippen molar-refractivity contribution in [3.05, 3.63) is 54.1 Å². The second-order valence-corrected chi connectivity index (χ2v) is 6.63. The average Bonchev–Trinajstić information content (AvgIpc) is 3.09. The van der Waals surface area contributed by atoms with Crippen LogP contribution in [0.25, 0.3) is 0 Å². The van der Waals surface area contributed by atoms with Gasteiger partial charge in [0.1, 0.15) is 0 Å². The Balaban J connectivity index is 1.44. The molecule has 2 aromatic rings. The largest absolute Gasteiger partial charge is 0.357 e. The molecular formula is C18H26N4. The van der Waals surface area contributed by atoms with Gasteiger partial charge >= 0.3 is 0 Å². The molecule has 0 bridgehead atoms. The molecule has 1 aliphatic heterocycles. The molecule has 0 aliphatic carbocycles. The molecule has 4 nitrogen and oxygen atoms in total. The third-order valence-electron chi connectivity index (χ3n) is 4.41. The van der Waals surface area contributed by atoms with Gasteiger partial charge in [0.05, 0.1) is 0 Å². The first kappa shape index (κ1) is 15.3. The molecule has 2 aromatic heterocycles. The molecule has 1 fully saturated rings. The minimum atomic E-state index is 0.783. The van der Waals surface area contributed by atoms with Gasteiger partial charge < -0.3 is 9.47 Å². The van der Waals surface area contributed by atoms with E-state index in [4.69, 9.17) is 0 Å². The highest BCUT2D eigenvalue weighted by Crippen LogP contribution is 2.20. The summed E-state index contributed by atoms with van der Waals surface area (Å²) in [4.78, 5) is 9.20. The van der Waals surface area contributed by atoms with Crippen LogP contribution in [0.1, 0.15) is 17.5 Å². The van der Waals surface area contributed by atoms with Crippen molar-refractivity contribution in [1.82, 2.24) is 19.4 Å². The summed E-state index contributed by atoms with van der Waals surface area (Å²) in [6, 6.07) is 6.39. The number of hydrogen-bond donors (Lipinski definition) is 0. The summed E-state index contributed by atoms with van der Waals surface area (Å²) in [5, 5.41) is 0. The van der Waals surface area contributed by atoms with E-state index >= 15 is 0 Å². The molecule has 1 saturated heterocycles. The fourth-order valence-electron chi connectivity index (χ4n) is 3.43. The summed E-state index contributed by atoms with van der Waals surface area (Å²) >= 11 is 0. The molecule has 1 unspecified atom stereocenters. The lowest BCUT2D eigenvalue weighted by Gasteiger charge is -2.21. The predicted molar refractivity (Wildman–Crippen MR) is 89.4 cm³/mol. The van der Waals surface area contributed by atoms with E-state index in [1.807, 2.05) is 18.5 Å². The lowest BCUT2D eigenvalue weighted by molar-refractivity contribution is 0.254. The molecule has 118 valence electrons. The number of nitrogens with zero attached hydrogens (tertiary/aromatic N) is 4. The fourth-order valence-corrected chi connectivity index (χ4v) is 3.43. The highest BCUT2D eigenvalue weighted by molar-refractivity contribution is 5.10. The summed E-state index contributed by atoms with van der Waals surface area (Å²) in [7, 11) is 4.30. The van der Waals surface area contributed by atoms with Crippen LogP contribution in [0.3, 0.4) is 0 Å². The predicted octanol–water partition coefficient (Wildman–Crippen LogP) is 2.37. The Morgan fingerprint density at radius 1 is 1.32 bits per heavy atom. The number of rotatable bonds is 6. The first-order chi connectivity index (χ1) is 10.7. The van der Waals surface area contributed by atoms with Crippen molar-refractivity contribution in [3.63, 3.8) is 0 Å². The van der Waals surface area contributed by atoms with Gasteiger partial charge in [-0.15, -0.1) is 0 Å². The Kier molecular flexibility index (Phi) is 4.90. The zero-order valence-electron chi connectivity index (χ0n) is 13.7. The summed E-state index contributed by atoms with van der Waals surface area (Å²) < 4.78 is 2.13. The molecule has 3 heterocycles. The maximum Gasteiger partial charge on any atom is 0.0312 e.